The molecule has 0 radical (unpaired) electrons. The van der Waals surface area contributed by atoms with Crippen LogP contribution in [-0.4, -0.2) is 80.4 Å². The molecule has 0 aromatic carbocycles. The topological polar surface area (TPSA) is 95.0 Å². The summed E-state index contributed by atoms with van der Waals surface area (Å²) in [5.41, 5.74) is 0. The number of thioether (sulfide) groups is 1. The first-order chi connectivity index (χ1) is 11.9. The first kappa shape index (κ1) is 22.5. The van der Waals surface area contributed by atoms with Crippen molar-refractivity contribution in [3.8, 4) is 0 Å². The molecule has 25 heavy (non-hydrogen) atoms. The molecule has 11 heteroatoms. The molecular formula is C14H22N2O5S4. The molecule has 1 heterocycles. The Morgan fingerprint density at radius 3 is 2.44 bits per heavy atom. The van der Waals surface area contributed by atoms with Gasteiger partial charge in [-0.25, -0.2) is 0 Å². The molecule has 1 aliphatic heterocycles. The van der Waals surface area contributed by atoms with Gasteiger partial charge in [0.2, 0.25) is 17.7 Å². The number of aliphatic carboxylic acids is 1. The number of amides is 3. The van der Waals surface area contributed by atoms with Crippen LogP contribution in [0.3, 0.4) is 0 Å². The zero-order chi connectivity index (χ0) is 18.8. The van der Waals surface area contributed by atoms with E-state index in [1.807, 2.05) is 6.26 Å². The molecule has 1 fully saturated rings. The van der Waals surface area contributed by atoms with Crippen molar-refractivity contribution in [3.63, 3.8) is 0 Å². The number of carbonyl (C=O) groups is 4. The van der Waals surface area contributed by atoms with Crippen molar-refractivity contribution in [3.05, 3.63) is 0 Å². The molecule has 0 saturated carbocycles. The molecule has 1 atom stereocenters. The van der Waals surface area contributed by atoms with Gasteiger partial charge in [0.15, 0.2) is 0 Å². The van der Waals surface area contributed by atoms with E-state index in [4.69, 9.17) is 5.11 Å². The second kappa shape index (κ2) is 12.0. The Labute approximate surface area is 163 Å². The molecule has 1 saturated heterocycles. The molecule has 0 aliphatic carbocycles. The van der Waals surface area contributed by atoms with Gasteiger partial charge in [-0.15, -0.1) is 0 Å². The van der Waals surface area contributed by atoms with E-state index in [1.54, 1.807) is 32.1 Å². The number of rotatable bonds is 12. The number of carboxylic acid groups (broad SMARTS) is 1. The molecule has 3 amide bonds. The summed E-state index contributed by atoms with van der Waals surface area (Å²) in [5, 5.41) is 8.37. The van der Waals surface area contributed by atoms with Gasteiger partial charge in [-0.2, -0.15) is 11.8 Å². The normalized spacial score (nSPS) is 17.2. The number of likely N-dealkylation sites (tertiary alicyclic amines) is 1. The van der Waals surface area contributed by atoms with E-state index in [9.17, 15) is 19.2 Å². The molecule has 1 aliphatic rings. The van der Waals surface area contributed by atoms with Crippen molar-refractivity contribution in [2.75, 3.05) is 37.1 Å². The van der Waals surface area contributed by atoms with E-state index in [1.165, 1.54) is 28.6 Å². The number of hydrogen-bond donors (Lipinski definition) is 1. The smallest absolute Gasteiger partial charge is 0.303 e. The fourth-order valence-corrected chi connectivity index (χ4v) is 5.32. The lowest BCUT2D eigenvalue weighted by molar-refractivity contribution is -0.139. The summed E-state index contributed by atoms with van der Waals surface area (Å²) in [7, 11) is 3.13. The highest BCUT2D eigenvalue weighted by molar-refractivity contribution is 8.76. The Morgan fingerprint density at radius 1 is 1.20 bits per heavy atom. The van der Waals surface area contributed by atoms with Gasteiger partial charge in [0, 0.05) is 43.7 Å². The predicted octanol–water partition coefficient (Wildman–Crippen LogP) is 1.83. The molecule has 0 aromatic heterocycles. The Morgan fingerprint density at radius 2 is 1.88 bits per heavy atom. The fourth-order valence-electron chi connectivity index (χ4n) is 2.09. The van der Waals surface area contributed by atoms with Crippen LogP contribution < -0.4 is 0 Å². The van der Waals surface area contributed by atoms with Crippen LogP contribution in [0.2, 0.25) is 0 Å². The predicted molar refractivity (Wildman–Crippen MR) is 106 cm³/mol. The maximum absolute atomic E-state index is 12.0. The van der Waals surface area contributed by atoms with Gasteiger partial charge in [-0.3, -0.25) is 28.4 Å². The van der Waals surface area contributed by atoms with E-state index in [0.29, 0.717) is 31.0 Å². The van der Waals surface area contributed by atoms with Crippen LogP contribution in [0.5, 0.6) is 0 Å². The minimum absolute atomic E-state index is 0.00374. The lowest BCUT2D eigenvalue weighted by Gasteiger charge is -2.18. The Balaban J connectivity index is 2.18. The maximum atomic E-state index is 12.0. The van der Waals surface area contributed by atoms with Gasteiger partial charge in [-0.05, 0) is 6.26 Å². The van der Waals surface area contributed by atoms with Crippen LogP contribution in [0.15, 0.2) is 0 Å². The molecule has 142 valence electrons. The van der Waals surface area contributed by atoms with Crippen molar-refractivity contribution < 1.29 is 24.3 Å². The Kier molecular flexibility index (Phi) is 10.8. The highest BCUT2D eigenvalue weighted by Gasteiger charge is 2.37. The average Bonchev–Trinajstić information content (AvgIpc) is 2.86. The van der Waals surface area contributed by atoms with Crippen LogP contribution in [0.4, 0.5) is 0 Å². The zero-order valence-corrected chi connectivity index (χ0v) is 17.4. The number of hydrogen-bond acceptors (Lipinski definition) is 8. The molecule has 0 spiro atoms. The average molecular weight is 427 g/mol. The van der Waals surface area contributed by atoms with Crippen molar-refractivity contribution in [1.82, 2.24) is 9.21 Å². The molecule has 7 nitrogen and oxygen atoms in total. The van der Waals surface area contributed by atoms with Gasteiger partial charge in [0.25, 0.3) is 0 Å². The summed E-state index contributed by atoms with van der Waals surface area (Å²) in [4.78, 5) is 47.4. The van der Waals surface area contributed by atoms with Crippen LogP contribution in [0.1, 0.15) is 19.3 Å². The minimum Gasteiger partial charge on any atom is -0.481 e. The third kappa shape index (κ3) is 7.71. The lowest BCUT2D eigenvalue weighted by Crippen LogP contribution is -2.33. The summed E-state index contributed by atoms with van der Waals surface area (Å²) in [6, 6.07) is 0. The lowest BCUT2D eigenvalue weighted by atomic mass is 10.3. The van der Waals surface area contributed by atoms with Gasteiger partial charge >= 0.3 is 5.97 Å². The van der Waals surface area contributed by atoms with E-state index < -0.39 is 5.97 Å². The van der Waals surface area contributed by atoms with Gasteiger partial charge in [0.05, 0.1) is 11.7 Å². The van der Waals surface area contributed by atoms with Crippen molar-refractivity contribution in [2.45, 2.75) is 24.5 Å². The first-order valence-corrected chi connectivity index (χ1v) is 12.5. The molecular weight excluding hydrogens is 404 g/mol. The fraction of sp³-hybridized carbons (Fsp3) is 0.714. The third-order valence-electron chi connectivity index (χ3n) is 3.40. The van der Waals surface area contributed by atoms with Crippen LogP contribution in [0, 0.1) is 0 Å². The van der Waals surface area contributed by atoms with Gasteiger partial charge < -0.3 is 5.11 Å². The number of carbonyl (C=O) groups excluding carboxylic acids is 3. The standard InChI is InChI=1S/C14H22N2O5S4/c1-22-10-9-12(18)15(14(10)21)5-7-24-25-8-6-16(23-2)11(17)3-4-13(19)20/h10H,3-9H2,1-2H3,(H,19,20). The van der Waals surface area contributed by atoms with Gasteiger partial charge in [0.1, 0.15) is 0 Å². The third-order valence-corrected chi connectivity index (χ3v) is 7.53. The SMILES string of the molecule is CSC1CC(=O)N(CCSSCCN(SC)C(=O)CCC(=O)O)C1=O. The van der Waals surface area contributed by atoms with Gasteiger partial charge in [-0.1, -0.05) is 33.5 Å². The Hall–Kier alpha value is -0.520. The summed E-state index contributed by atoms with van der Waals surface area (Å²) in [6.45, 7) is 0.934. The second-order valence-corrected chi connectivity index (χ2v) is 9.58. The summed E-state index contributed by atoms with van der Waals surface area (Å²) >= 11 is 2.69. The highest BCUT2D eigenvalue weighted by atomic mass is 33.1. The molecule has 0 bridgehead atoms. The Bertz CT molecular complexity index is 506. The number of carboxylic acids is 1. The van der Waals surface area contributed by atoms with Crippen LogP contribution in [-0.2, 0) is 19.2 Å². The summed E-state index contributed by atoms with van der Waals surface area (Å²) < 4.78 is 1.56. The van der Waals surface area contributed by atoms with E-state index in [-0.39, 0.29) is 35.8 Å². The van der Waals surface area contributed by atoms with E-state index in [2.05, 4.69) is 0 Å². The number of imide groups is 1. The largest absolute Gasteiger partial charge is 0.481 e. The monoisotopic (exact) mass is 426 g/mol. The summed E-state index contributed by atoms with van der Waals surface area (Å²) in [5.74, 6) is -0.0195. The van der Waals surface area contributed by atoms with Crippen molar-refractivity contribution in [1.29, 1.82) is 0 Å². The molecule has 0 aromatic rings. The molecule has 1 N–H and O–H groups in total. The second-order valence-electron chi connectivity index (χ2n) is 5.03. The van der Waals surface area contributed by atoms with Crippen molar-refractivity contribution in [2.24, 2.45) is 0 Å². The van der Waals surface area contributed by atoms with Crippen molar-refractivity contribution >= 4 is 69.0 Å². The van der Waals surface area contributed by atoms with Crippen LogP contribution >= 0.6 is 45.3 Å². The zero-order valence-electron chi connectivity index (χ0n) is 14.1. The number of nitrogens with zero attached hydrogens (tertiary/aromatic N) is 2. The van der Waals surface area contributed by atoms with E-state index in [0.717, 1.165) is 0 Å². The maximum Gasteiger partial charge on any atom is 0.303 e. The summed E-state index contributed by atoms with van der Waals surface area (Å²) in [6.07, 6.45) is 3.75. The minimum atomic E-state index is -0.978. The molecule has 1 unspecified atom stereocenters. The van der Waals surface area contributed by atoms with E-state index >= 15 is 0 Å². The first-order valence-electron chi connectivity index (χ1n) is 7.58. The molecule has 1 rings (SSSR count). The highest BCUT2D eigenvalue weighted by Crippen LogP contribution is 2.26. The van der Waals surface area contributed by atoms with Crippen LogP contribution in [0.25, 0.3) is 0 Å². The quantitative estimate of drug-likeness (QED) is 0.217.